The summed E-state index contributed by atoms with van der Waals surface area (Å²) in [6.07, 6.45) is 3.17. The minimum absolute atomic E-state index is 0.315. The predicted octanol–water partition coefficient (Wildman–Crippen LogP) is 4.46. The molecule has 0 aliphatic heterocycles. The highest BCUT2D eigenvalue weighted by molar-refractivity contribution is 6.42. The van der Waals surface area contributed by atoms with Crippen LogP contribution in [-0.4, -0.2) is 20.3 Å². The summed E-state index contributed by atoms with van der Waals surface area (Å²) in [5.74, 6) is 0. The van der Waals surface area contributed by atoms with Crippen molar-refractivity contribution in [1.29, 1.82) is 0 Å². The van der Waals surface area contributed by atoms with E-state index in [2.05, 4.69) is 12.2 Å². The highest BCUT2D eigenvalue weighted by Gasteiger charge is 2.11. The fraction of sp³-hybridized carbons (Fsp3) is 0.571. The van der Waals surface area contributed by atoms with E-state index in [4.69, 9.17) is 27.9 Å². The van der Waals surface area contributed by atoms with Gasteiger partial charge in [0.2, 0.25) is 0 Å². The van der Waals surface area contributed by atoms with Crippen LogP contribution >= 0.6 is 23.2 Å². The van der Waals surface area contributed by atoms with Crippen molar-refractivity contribution >= 4 is 23.2 Å². The van der Waals surface area contributed by atoms with E-state index in [1.54, 1.807) is 7.11 Å². The maximum absolute atomic E-state index is 6.07. The van der Waals surface area contributed by atoms with Gasteiger partial charge >= 0.3 is 0 Å². The second kappa shape index (κ2) is 8.76. The lowest BCUT2D eigenvalue weighted by atomic mass is 10.0. The molecule has 1 atom stereocenters. The Labute approximate surface area is 120 Å². The standard InChI is InChI=1S/C14H21Cl2NO/c1-3-8-17-14(5-4-9-18-2)11-6-7-12(15)13(16)10-11/h6-7,10,14,17H,3-5,8-9H2,1-2H3. The van der Waals surface area contributed by atoms with E-state index in [0.717, 1.165) is 32.4 Å². The first-order valence-electron chi connectivity index (χ1n) is 6.36. The molecule has 0 aromatic heterocycles. The Morgan fingerprint density at radius 1 is 1.28 bits per heavy atom. The molecule has 1 rings (SSSR count). The SMILES string of the molecule is CCCNC(CCCOC)c1ccc(Cl)c(Cl)c1. The van der Waals surface area contributed by atoms with Crippen LogP contribution in [-0.2, 0) is 4.74 Å². The predicted molar refractivity (Wildman–Crippen MR) is 78.6 cm³/mol. The van der Waals surface area contributed by atoms with Crippen LogP contribution in [0.4, 0.5) is 0 Å². The maximum atomic E-state index is 6.07. The molecular weight excluding hydrogens is 269 g/mol. The number of methoxy groups -OCH3 is 1. The number of rotatable bonds is 8. The average Bonchev–Trinajstić information content (AvgIpc) is 2.37. The molecule has 18 heavy (non-hydrogen) atoms. The number of halogens is 2. The van der Waals surface area contributed by atoms with Crippen molar-refractivity contribution in [2.24, 2.45) is 0 Å². The molecule has 0 saturated carbocycles. The molecule has 102 valence electrons. The van der Waals surface area contributed by atoms with Gasteiger partial charge in [0.1, 0.15) is 0 Å². The zero-order valence-electron chi connectivity index (χ0n) is 11.0. The lowest BCUT2D eigenvalue weighted by molar-refractivity contribution is 0.188. The second-order valence-corrected chi connectivity index (χ2v) is 5.13. The van der Waals surface area contributed by atoms with Crippen molar-refractivity contribution in [3.63, 3.8) is 0 Å². The molecule has 4 heteroatoms. The molecule has 0 radical (unpaired) electrons. The first kappa shape index (κ1) is 15.8. The first-order valence-corrected chi connectivity index (χ1v) is 7.12. The monoisotopic (exact) mass is 289 g/mol. The third kappa shape index (κ3) is 5.15. The molecule has 1 unspecified atom stereocenters. The number of benzene rings is 1. The molecule has 0 bridgehead atoms. The number of ether oxygens (including phenoxy) is 1. The van der Waals surface area contributed by atoms with Gasteiger partial charge in [0.25, 0.3) is 0 Å². The maximum Gasteiger partial charge on any atom is 0.0595 e. The van der Waals surface area contributed by atoms with E-state index in [1.165, 1.54) is 5.56 Å². The average molecular weight is 290 g/mol. The summed E-state index contributed by atoms with van der Waals surface area (Å²) >= 11 is 12.0. The van der Waals surface area contributed by atoms with Crippen LogP contribution < -0.4 is 5.32 Å². The molecule has 0 fully saturated rings. The third-order valence-electron chi connectivity index (χ3n) is 2.83. The first-order chi connectivity index (χ1) is 8.69. The van der Waals surface area contributed by atoms with Gasteiger partial charge < -0.3 is 10.1 Å². The molecule has 1 N–H and O–H groups in total. The van der Waals surface area contributed by atoms with Gasteiger partial charge in [-0.15, -0.1) is 0 Å². The Morgan fingerprint density at radius 2 is 2.06 bits per heavy atom. The summed E-state index contributed by atoms with van der Waals surface area (Å²) in [5, 5.41) is 4.75. The van der Waals surface area contributed by atoms with Gasteiger partial charge in [-0.1, -0.05) is 36.2 Å². The van der Waals surface area contributed by atoms with Crippen molar-refractivity contribution in [2.45, 2.75) is 32.2 Å². The van der Waals surface area contributed by atoms with Crippen molar-refractivity contribution in [3.8, 4) is 0 Å². The van der Waals surface area contributed by atoms with Gasteiger partial charge in [-0.3, -0.25) is 0 Å². The Kier molecular flexibility index (Phi) is 7.68. The summed E-state index contributed by atoms with van der Waals surface area (Å²) in [6.45, 7) is 3.94. The Hall–Kier alpha value is -0.280. The minimum atomic E-state index is 0.315. The molecule has 0 aliphatic carbocycles. The van der Waals surface area contributed by atoms with Crippen LogP contribution in [0.2, 0.25) is 10.0 Å². The van der Waals surface area contributed by atoms with E-state index >= 15 is 0 Å². The van der Waals surface area contributed by atoms with Gasteiger partial charge in [-0.05, 0) is 43.5 Å². The number of nitrogens with one attached hydrogen (secondary N) is 1. The summed E-state index contributed by atoms with van der Waals surface area (Å²) < 4.78 is 5.10. The summed E-state index contributed by atoms with van der Waals surface area (Å²) in [5.41, 5.74) is 1.19. The van der Waals surface area contributed by atoms with Crippen molar-refractivity contribution in [3.05, 3.63) is 33.8 Å². The van der Waals surface area contributed by atoms with Gasteiger partial charge in [-0.2, -0.15) is 0 Å². The van der Waals surface area contributed by atoms with Crippen LogP contribution in [0.1, 0.15) is 37.8 Å². The Morgan fingerprint density at radius 3 is 2.67 bits per heavy atom. The van der Waals surface area contributed by atoms with E-state index < -0.39 is 0 Å². The van der Waals surface area contributed by atoms with Crippen LogP contribution in [0.3, 0.4) is 0 Å². The summed E-state index contributed by atoms with van der Waals surface area (Å²) in [4.78, 5) is 0. The zero-order chi connectivity index (χ0) is 13.4. The van der Waals surface area contributed by atoms with Gasteiger partial charge in [0.15, 0.2) is 0 Å². The van der Waals surface area contributed by atoms with E-state index in [9.17, 15) is 0 Å². The van der Waals surface area contributed by atoms with Gasteiger partial charge in [0.05, 0.1) is 10.0 Å². The topological polar surface area (TPSA) is 21.3 Å². The lowest BCUT2D eigenvalue weighted by Gasteiger charge is -2.19. The zero-order valence-corrected chi connectivity index (χ0v) is 12.5. The quantitative estimate of drug-likeness (QED) is 0.714. The van der Waals surface area contributed by atoms with Crippen molar-refractivity contribution in [2.75, 3.05) is 20.3 Å². The van der Waals surface area contributed by atoms with Gasteiger partial charge in [-0.25, -0.2) is 0 Å². The fourth-order valence-electron chi connectivity index (χ4n) is 1.87. The summed E-state index contributed by atoms with van der Waals surface area (Å²) in [6, 6.07) is 6.16. The van der Waals surface area contributed by atoms with E-state index in [-0.39, 0.29) is 0 Å². The fourth-order valence-corrected chi connectivity index (χ4v) is 2.17. The number of hydrogen-bond acceptors (Lipinski definition) is 2. The third-order valence-corrected chi connectivity index (χ3v) is 3.57. The molecule has 0 amide bonds. The molecule has 1 aromatic rings. The molecule has 2 nitrogen and oxygen atoms in total. The van der Waals surface area contributed by atoms with Gasteiger partial charge in [0, 0.05) is 19.8 Å². The smallest absolute Gasteiger partial charge is 0.0595 e. The normalized spacial score (nSPS) is 12.7. The highest BCUT2D eigenvalue weighted by Crippen LogP contribution is 2.27. The molecule has 1 aromatic carbocycles. The minimum Gasteiger partial charge on any atom is -0.385 e. The number of hydrogen-bond donors (Lipinski definition) is 1. The van der Waals surface area contributed by atoms with Crippen LogP contribution in [0, 0.1) is 0 Å². The van der Waals surface area contributed by atoms with Crippen LogP contribution in [0.5, 0.6) is 0 Å². The second-order valence-electron chi connectivity index (χ2n) is 4.32. The summed E-state index contributed by atoms with van der Waals surface area (Å²) in [7, 11) is 1.73. The largest absolute Gasteiger partial charge is 0.385 e. The van der Waals surface area contributed by atoms with Crippen LogP contribution in [0.15, 0.2) is 18.2 Å². The van der Waals surface area contributed by atoms with E-state index in [1.807, 2.05) is 18.2 Å². The molecule has 0 saturated heterocycles. The molecule has 0 spiro atoms. The molecule has 0 heterocycles. The molecule has 0 aliphatic rings. The van der Waals surface area contributed by atoms with E-state index in [0.29, 0.717) is 16.1 Å². The molecular formula is C14H21Cl2NO. The van der Waals surface area contributed by atoms with Crippen molar-refractivity contribution in [1.82, 2.24) is 5.32 Å². The Balaban J connectivity index is 2.70. The van der Waals surface area contributed by atoms with Crippen LogP contribution in [0.25, 0.3) is 0 Å². The van der Waals surface area contributed by atoms with Crippen molar-refractivity contribution < 1.29 is 4.74 Å². The highest BCUT2D eigenvalue weighted by atomic mass is 35.5. The Bertz CT molecular complexity index is 358. The lowest BCUT2D eigenvalue weighted by Crippen LogP contribution is -2.22.